The molecule has 0 aromatic heterocycles. The zero-order chi connectivity index (χ0) is 14.0. The molecule has 106 valence electrons. The summed E-state index contributed by atoms with van der Waals surface area (Å²) < 4.78 is 0. The van der Waals surface area contributed by atoms with Crippen LogP contribution in [0.1, 0.15) is 51.6 Å². The van der Waals surface area contributed by atoms with Crippen molar-refractivity contribution in [1.82, 2.24) is 5.32 Å². The van der Waals surface area contributed by atoms with Crippen LogP contribution in [0.2, 0.25) is 0 Å². The van der Waals surface area contributed by atoms with Crippen LogP contribution in [0.25, 0.3) is 0 Å². The van der Waals surface area contributed by atoms with E-state index in [9.17, 15) is 10.2 Å². The number of phenols is 2. The maximum absolute atomic E-state index is 9.54. The highest BCUT2D eigenvalue weighted by Gasteiger charge is 2.25. The topological polar surface area (TPSA) is 52.5 Å². The van der Waals surface area contributed by atoms with Crippen LogP contribution >= 0.6 is 0 Å². The Morgan fingerprint density at radius 2 is 1.53 bits per heavy atom. The van der Waals surface area contributed by atoms with Crippen molar-refractivity contribution in [3.63, 3.8) is 0 Å². The van der Waals surface area contributed by atoms with Crippen molar-refractivity contribution in [2.24, 2.45) is 11.8 Å². The fraction of sp³-hybridized carbons (Fsp3) is 0.625. The van der Waals surface area contributed by atoms with Gasteiger partial charge in [-0.25, -0.2) is 0 Å². The molecule has 1 aliphatic rings. The Morgan fingerprint density at radius 3 is 2.05 bits per heavy atom. The van der Waals surface area contributed by atoms with Gasteiger partial charge in [0, 0.05) is 18.2 Å². The number of hydrogen-bond donors (Lipinski definition) is 3. The molecule has 1 aromatic carbocycles. The largest absolute Gasteiger partial charge is 0.508 e. The lowest BCUT2D eigenvalue weighted by atomic mass is 9.80. The Kier molecular flexibility index (Phi) is 4.35. The summed E-state index contributed by atoms with van der Waals surface area (Å²) in [5.74, 6) is 1.78. The quantitative estimate of drug-likeness (QED) is 0.781. The minimum atomic E-state index is 0.119. The molecule has 1 fully saturated rings. The monoisotopic (exact) mass is 263 g/mol. The number of nitrogens with one attached hydrogen (secondary N) is 1. The standard InChI is InChI=1S/C16H25NO2/c1-10-4-11(2)6-14(5-10)17-12(3)13-7-15(18)9-16(19)8-13/h7-12,14,17-19H,4-6H2,1-3H3. The molecule has 1 saturated carbocycles. The molecule has 0 heterocycles. The molecule has 19 heavy (non-hydrogen) atoms. The molecule has 1 aliphatic carbocycles. The maximum Gasteiger partial charge on any atom is 0.119 e. The van der Waals surface area contributed by atoms with Crippen LogP contribution in [0.3, 0.4) is 0 Å². The SMILES string of the molecule is CC1CC(C)CC(NC(C)c2cc(O)cc(O)c2)C1. The normalized spacial score (nSPS) is 29.1. The summed E-state index contributed by atoms with van der Waals surface area (Å²) >= 11 is 0. The fourth-order valence-corrected chi connectivity index (χ4v) is 3.40. The van der Waals surface area contributed by atoms with Gasteiger partial charge in [0.05, 0.1) is 0 Å². The fourth-order valence-electron chi connectivity index (χ4n) is 3.40. The predicted molar refractivity (Wildman–Crippen MR) is 77.3 cm³/mol. The molecule has 3 nitrogen and oxygen atoms in total. The van der Waals surface area contributed by atoms with Gasteiger partial charge in [-0.05, 0) is 55.7 Å². The van der Waals surface area contributed by atoms with Gasteiger partial charge in [0.1, 0.15) is 11.5 Å². The third-order valence-electron chi connectivity index (χ3n) is 4.09. The molecule has 2 rings (SSSR count). The van der Waals surface area contributed by atoms with Crippen LogP contribution in [-0.4, -0.2) is 16.3 Å². The van der Waals surface area contributed by atoms with Gasteiger partial charge in [-0.3, -0.25) is 0 Å². The van der Waals surface area contributed by atoms with Crippen LogP contribution in [0.15, 0.2) is 18.2 Å². The molecule has 0 amide bonds. The highest BCUT2D eigenvalue weighted by molar-refractivity contribution is 5.37. The molecular weight excluding hydrogens is 238 g/mol. The zero-order valence-corrected chi connectivity index (χ0v) is 12.1. The first-order valence-corrected chi connectivity index (χ1v) is 7.23. The van der Waals surface area contributed by atoms with Crippen molar-refractivity contribution in [3.8, 4) is 11.5 Å². The lowest BCUT2D eigenvalue weighted by Crippen LogP contribution is -2.37. The average molecular weight is 263 g/mol. The van der Waals surface area contributed by atoms with Crippen LogP contribution in [-0.2, 0) is 0 Å². The second kappa shape index (κ2) is 5.83. The van der Waals surface area contributed by atoms with E-state index in [0.717, 1.165) is 17.4 Å². The van der Waals surface area contributed by atoms with Crippen molar-refractivity contribution in [3.05, 3.63) is 23.8 Å². The van der Waals surface area contributed by atoms with E-state index in [2.05, 4.69) is 26.1 Å². The van der Waals surface area contributed by atoms with E-state index >= 15 is 0 Å². The number of benzene rings is 1. The molecular formula is C16H25NO2. The average Bonchev–Trinajstić information content (AvgIpc) is 2.25. The van der Waals surface area contributed by atoms with Gasteiger partial charge in [-0.2, -0.15) is 0 Å². The Morgan fingerprint density at radius 1 is 1.00 bits per heavy atom. The number of aromatic hydroxyl groups is 2. The van der Waals surface area contributed by atoms with E-state index in [0.29, 0.717) is 6.04 Å². The van der Waals surface area contributed by atoms with Crippen LogP contribution < -0.4 is 5.32 Å². The third kappa shape index (κ3) is 3.87. The van der Waals surface area contributed by atoms with Crippen molar-refractivity contribution in [2.45, 2.75) is 52.1 Å². The van der Waals surface area contributed by atoms with Gasteiger partial charge in [0.15, 0.2) is 0 Å². The summed E-state index contributed by atoms with van der Waals surface area (Å²) in [4.78, 5) is 0. The van der Waals surface area contributed by atoms with Gasteiger partial charge < -0.3 is 15.5 Å². The van der Waals surface area contributed by atoms with Gasteiger partial charge in [-0.15, -0.1) is 0 Å². The minimum Gasteiger partial charge on any atom is -0.508 e. The van der Waals surface area contributed by atoms with Gasteiger partial charge in [0.2, 0.25) is 0 Å². The lowest BCUT2D eigenvalue weighted by molar-refractivity contribution is 0.228. The second-order valence-electron chi connectivity index (χ2n) is 6.29. The van der Waals surface area contributed by atoms with E-state index in [1.54, 1.807) is 12.1 Å². The van der Waals surface area contributed by atoms with Crippen molar-refractivity contribution >= 4 is 0 Å². The van der Waals surface area contributed by atoms with E-state index in [4.69, 9.17) is 0 Å². The first-order valence-electron chi connectivity index (χ1n) is 7.23. The molecule has 3 atom stereocenters. The lowest BCUT2D eigenvalue weighted by Gasteiger charge is -2.34. The Balaban J connectivity index is 2.01. The number of hydrogen-bond acceptors (Lipinski definition) is 3. The summed E-state index contributed by atoms with van der Waals surface area (Å²) in [7, 11) is 0. The molecule has 0 spiro atoms. The summed E-state index contributed by atoms with van der Waals surface area (Å²) in [6, 6.07) is 5.46. The molecule has 0 saturated heterocycles. The summed E-state index contributed by atoms with van der Waals surface area (Å²) in [6.07, 6.45) is 3.73. The van der Waals surface area contributed by atoms with Crippen LogP contribution in [0.4, 0.5) is 0 Å². The summed E-state index contributed by atoms with van der Waals surface area (Å²) in [5.41, 5.74) is 0.934. The number of phenolic OH excluding ortho intramolecular Hbond substituents is 2. The summed E-state index contributed by atoms with van der Waals surface area (Å²) in [5, 5.41) is 22.7. The number of rotatable bonds is 3. The molecule has 3 N–H and O–H groups in total. The van der Waals surface area contributed by atoms with Crippen molar-refractivity contribution in [2.75, 3.05) is 0 Å². The smallest absolute Gasteiger partial charge is 0.119 e. The van der Waals surface area contributed by atoms with Gasteiger partial charge in [0.25, 0.3) is 0 Å². The predicted octanol–water partition coefficient (Wildman–Crippen LogP) is 3.57. The van der Waals surface area contributed by atoms with Gasteiger partial charge in [-0.1, -0.05) is 13.8 Å². The van der Waals surface area contributed by atoms with Crippen molar-refractivity contribution in [1.29, 1.82) is 0 Å². The van der Waals surface area contributed by atoms with Crippen molar-refractivity contribution < 1.29 is 10.2 Å². The Bertz CT molecular complexity index is 403. The highest BCUT2D eigenvalue weighted by Crippen LogP contribution is 2.31. The second-order valence-corrected chi connectivity index (χ2v) is 6.29. The molecule has 0 bridgehead atoms. The molecule has 1 aromatic rings. The summed E-state index contributed by atoms with van der Waals surface area (Å²) in [6.45, 7) is 6.71. The van der Waals surface area contributed by atoms with E-state index in [-0.39, 0.29) is 17.5 Å². The minimum absolute atomic E-state index is 0.119. The zero-order valence-electron chi connectivity index (χ0n) is 12.1. The third-order valence-corrected chi connectivity index (χ3v) is 4.09. The maximum atomic E-state index is 9.54. The van der Waals surface area contributed by atoms with Crippen LogP contribution in [0, 0.1) is 11.8 Å². The molecule has 3 heteroatoms. The molecule has 0 aliphatic heterocycles. The highest BCUT2D eigenvalue weighted by atomic mass is 16.3. The van der Waals surface area contributed by atoms with E-state index in [1.807, 2.05) is 0 Å². The van der Waals surface area contributed by atoms with E-state index in [1.165, 1.54) is 25.3 Å². The first-order chi connectivity index (χ1) is 8.94. The van der Waals surface area contributed by atoms with Crippen LogP contribution in [0.5, 0.6) is 11.5 Å². The molecule has 0 radical (unpaired) electrons. The Hall–Kier alpha value is -1.22. The first kappa shape index (κ1) is 14.2. The molecule has 3 unspecified atom stereocenters. The van der Waals surface area contributed by atoms with Gasteiger partial charge >= 0.3 is 0 Å². The Labute approximate surface area is 115 Å². The van der Waals surface area contributed by atoms with E-state index < -0.39 is 0 Å².